The summed E-state index contributed by atoms with van der Waals surface area (Å²) in [5.74, 6) is 0.606. The van der Waals surface area contributed by atoms with E-state index in [4.69, 9.17) is 0 Å². The van der Waals surface area contributed by atoms with E-state index in [0.29, 0.717) is 5.92 Å². The van der Waals surface area contributed by atoms with Crippen LogP contribution in [0.15, 0.2) is 65.3 Å². The number of benzene rings is 1. The van der Waals surface area contributed by atoms with Crippen LogP contribution in [0, 0.1) is 0 Å². The zero-order valence-corrected chi connectivity index (χ0v) is 9.61. The van der Waals surface area contributed by atoms with E-state index in [0.717, 1.165) is 0 Å². The number of fused-ring (bicyclic) bond motifs is 1. The highest BCUT2D eigenvalue weighted by atomic mass is 14.3. The van der Waals surface area contributed by atoms with Crippen LogP contribution in [0.25, 0.3) is 0 Å². The maximum atomic E-state index is 2.38. The van der Waals surface area contributed by atoms with Crippen LogP contribution < -0.4 is 0 Å². The van der Waals surface area contributed by atoms with E-state index < -0.39 is 0 Å². The first-order chi connectivity index (χ1) is 7.84. The summed E-state index contributed by atoms with van der Waals surface area (Å²) < 4.78 is 0. The first-order valence-electron chi connectivity index (χ1n) is 6.00. The molecule has 0 spiro atoms. The van der Waals surface area contributed by atoms with Crippen molar-refractivity contribution in [1.29, 1.82) is 0 Å². The Morgan fingerprint density at radius 1 is 1.06 bits per heavy atom. The highest BCUT2D eigenvalue weighted by Crippen LogP contribution is 2.41. The zero-order valence-electron chi connectivity index (χ0n) is 9.61. The average Bonchev–Trinajstić information content (AvgIpc) is 2.70. The Morgan fingerprint density at radius 3 is 2.69 bits per heavy atom. The first-order valence-corrected chi connectivity index (χ1v) is 6.00. The van der Waals surface area contributed by atoms with Crippen molar-refractivity contribution in [1.82, 2.24) is 0 Å². The van der Waals surface area contributed by atoms with E-state index >= 15 is 0 Å². The van der Waals surface area contributed by atoms with Crippen LogP contribution in [0.3, 0.4) is 0 Å². The number of hydrogen-bond acceptors (Lipinski definition) is 0. The molecule has 1 aromatic carbocycles. The molecule has 0 N–H and O–H groups in total. The first kappa shape index (κ1) is 9.65. The predicted molar refractivity (Wildman–Crippen MR) is 68.3 cm³/mol. The Balaban J connectivity index is 2.00. The molecule has 1 aromatic rings. The van der Waals surface area contributed by atoms with Crippen molar-refractivity contribution in [3.05, 3.63) is 70.8 Å². The van der Waals surface area contributed by atoms with Crippen LogP contribution in [0.2, 0.25) is 0 Å². The van der Waals surface area contributed by atoms with Gasteiger partial charge in [-0.1, -0.05) is 54.1 Å². The van der Waals surface area contributed by atoms with Gasteiger partial charge in [0.25, 0.3) is 0 Å². The van der Waals surface area contributed by atoms with Crippen LogP contribution in [-0.4, -0.2) is 0 Å². The van der Waals surface area contributed by atoms with Crippen molar-refractivity contribution in [3.63, 3.8) is 0 Å². The van der Waals surface area contributed by atoms with E-state index in [-0.39, 0.29) is 0 Å². The van der Waals surface area contributed by atoms with Gasteiger partial charge >= 0.3 is 0 Å². The van der Waals surface area contributed by atoms with Gasteiger partial charge in [-0.05, 0) is 36.5 Å². The van der Waals surface area contributed by atoms with E-state index in [9.17, 15) is 0 Å². The van der Waals surface area contributed by atoms with Gasteiger partial charge in [-0.3, -0.25) is 0 Å². The second-order valence-electron chi connectivity index (χ2n) is 4.69. The molecule has 1 atom stereocenters. The van der Waals surface area contributed by atoms with Crippen LogP contribution >= 0.6 is 0 Å². The molecule has 3 rings (SSSR count). The normalized spacial score (nSPS) is 23.3. The fourth-order valence-corrected chi connectivity index (χ4v) is 2.77. The van der Waals surface area contributed by atoms with Gasteiger partial charge in [0.2, 0.25) is 0 Å². The van der Waals surface area contributed by atoms with Crippen LogP contribution in [-0.2, 0) is 0 Å². The van der Waals surface area contributed by atoms with E-state index in [1.807, 2.05) is 0 Å². The van der Waals surface area contributed by atoms with Gasteiger partial charge in [0, 0.05) is 5.92 Å². The summed E-state index contributed by atoms with van der Waals surface area (Å²) in [6.45, 7) is 2.19. The third kappa shape index (κ3) is 1.55. The van der Waals surface area contributed by atoms with Crippen LogP contribution in [0.1, 0.15) is 31.2 Å². The summed E-state index contributed by atoms with van der Waals surface area (Å²) in [5, 5.41) is 0. The maximum Gasteiger partial charge on any atom is 0.00982 e. The molecule has 2 aliphatic carbocycles. The van der Waals surface area contributed by atoms with Crippen molar-refractivity contribution in [3.8, 4) is 0 Å². The Kier molecular flexibility index (Phi) is 2.28. The lowest BCUT2D eigenvalue weighted by Crippen LogP contribution is -2.06. The van der Waals surface area contributed by atoms with Gasteiger partial charge < -0.3 is 0 Å². The molecule has 0 fully saturated rings. The average molecular weight is 208 g/mol. The second kappa shape index (κ2) is 3.79. The SMILES string of the molecule is CC1=CC2=CCCC(c3ccccc3)C2=C1. The van der Waals surface area contributed by atoms with E-state index in [1.165, 1.54) is 35.1 Å². The van der Waals surface area contributed by atoms with Crippen LogP contribution in [0.4, 0.5) is 0 Å². The molecule has 16 heavy (non-hydrogen) atoms. The smallest absolute Gasteiger partial charge is 0.00982 e. The highest BCUT2D eigenvalue weighted by Gasteiger charge is 2.24. The number of allylic oxidation sites excluding steroid dienone is 6. The lowest BCUT2D eigenvalue weighted by atomic mass is 9.81. The van der Waals surface area contributed by atoms with E-state index in [2.05, 4.69) is 55.5 Å². The summed E-state index contributed by atoms with van der Waals surface area (Å²) in [4.78, 5) is 0. The topological polar surface area (TPSA) is 0 Å². The van der Waals surface area contributed by atoms with Crippen molar-refractivity contribution < 1.29 is 0 Å². The maximum absolute atomic E-state index is 2.38. The molecule has 0 saturated carbocycles. The summed E-state index contributed by atoms with van der Waals surface area (Å²) in [7, 11) is 0. The summed E-state index contributed by atoms with van der Waals surface area (Å²) in [6.07, 6.45) is 9.49. The summed E-state index contributed by atoms with van der Waals surface area (Å²) in [6, 6.07) is 10.9. The largest absolute Gasteiger partial charge is 0.0769 e. The quantitative estimate of drug-likeness (QED) is 0.642. The van der Waals surface area contributed by atoms with E-state index in [1.54, 1.807) is 0 Å². The van der Waals surface area contributed by atoms with Gasteiger partial charge in [0.15, 0.2) is 0 Å². The van der Waals surface area contributed by atoms with Crippen molar-refractivity contribution in [2.45, 2.75) is 25.7 Å². The number of hydrogen-bond donors (Lipinski definition) is 0. The predicted octanol–water partition coefficient (Wildman–Crippen LogP) is 4.38. The summed E-state index contributed by atoms with van der Waals surface area (Å²) >= 11 is 0. The molecule has 2 aliphatic rings. The third-order valence-corrected chi connectivity index (χ3v) is 3.50. The lowest BCUT2D eigenvalue weighted by Gasteiger charge is -2.23. The van der Waals surface area contributed by atoms with Gasteiger partial charge in [0.1, 0.15) is 0 Å². The number of rotatable bonds is 1. The van der Waals surface area contributed by atoms with Crippen LogP contribution in [0.5, 0.6) is 0 Å². The summed E-state index contributed by atoms with van der Waals surface area (Å²) in [5.41, 5.74) is 5.83. The Bertz CT molecular complexity index is 486. The molecule has 1 unspecified atom stereocenters. The van der Waals surface area contributed by atoms with Crippen molar-refractivity contribution in [2.75, 3.05) is 0 Å². The molecule has 0 aromatic heterocycles. The molecule has 0 nitrogen and oxygen atoms in total. The van der Waals surface area contributed by atoms with Gasteiger partial charge in [-0.25, -0.2) is 0 Å². The molecule has 80 valence electrons. The van der Waals surface area contributed by atoms with Gasteiger partial charge in [-0.2, -0.15) is 0 Å². The molecule has 0 bridgehead atoms. The molecule has 0 radical (unpaired) electrons. The fourth-order valence-electron chi connectivity index (χ4n) is 2.77. The lowest BCUT2D eigenvalue weighted by molar-refractivity contribution is 0.701. The second-order valence-corrected chi connectivity index (χ2v) is 4.69. The molecular weight excluding hydrogens is 192 g/mol. The molecule has 0 heterocycles. The Labute approximate surface area is 97.0 Å². The van der Waals surface area contributed by atoms with Gasteiger partial charge in [0.05, 0.1) is 0 Å². The standard InChI is InChI=1S/C16H16/c1-12-10-14-8-5-9-15(16(14)11-12)13-6-3-2-4-7-13/h2-4,6-8,10-11,15H,5,9H2,1H3. The molecule has 0 saturated heterocycles. The third-order valence-electron chi connectivity index (χ3n) is 3.50. The zero-order chi connectivity index (χ0) is 11.0. The fraction of sp³-hybridized carbons (Fsp3) is 0.250. The monoisotopic (exact) mass is 208 g/mol. The molecule has 0 amide bonds. The minimum atomic E-state index is 0.606. The van der Waals surface area contributed by atoms with Crippen molar-refractivity contribution in [2.24, 2.45) is 0 Å². The molecule has 0 heteroatoms. The Hall–Kier alpha value is -1.56. The Morgan fingerprint density at radius 2 is 1.88 bits per heavy atom. The molecular formula is C16H16. The van der Waals surface area contributed by atoms with Gasteiger partial charge in [-0.15, -0.1) is 0 Å². The highest BCUT2D eigenvalue weighted by molar-refractivity contribution is 5.57. The minimum absolute atomic E-state index is 0.606. The minimum Gasteiger partial charge on any atom is -0.0769 e. The van der Waals surface area contributed by atoms with Crippen molar-refractivity contribution >= 4 is 0 Å². The molecule has 0 aliphatic heterocycles.